The SMILES string of the molecule is Cn1cc(S(=O)(=O)N2CCOCC2)cc1C(=O)NCC(F)(F)F. The van der Waals surface area contributed by atoms with Crippen molar-refractivity contribution in [3.63, 3.8) is 0 Å². The molecule has 0 aromatic carbocycles. The van der Waals surface area contributed by atoms with Gasteiger partial charge in [0.15, 0.2) is 0 Å². The molecule has 2 rings (SSSR count). The number of amides is 1. The number of alkyl halides is 3. The molecule has 0 atom stereocenters. The van der Waals surface area contributed by atoms with Gasteiger partial charge in [-0.15, -0.1) is 0 Å². The first-order valence-corrected chi connectivity index (χ1v) is 8.14. The number of hydrogen-bond donors (Lipinski definition) is 1. The predicted octanol–water partition coefficient (Wildman–Crippen LogP) is 0.338. The Morgan fingerprint density at radius 1 is 1.35 bits per heavy atom. The molecule has 1 amide bonds. The third kappa shape index (κ3) is 4.24. The molecule has 1 aromatic heterocycles. The number of morpholine rings is 1. The maximum absolute atomic E-state index is 12.4. The van der Waals surface area contributed by atoms with E-state index >= 15 is 0 Å². The molecule has 1 saturated heterocycles. The quantitative estimate of drug-likeness (QED) is 0.845. The predicted molar refractivity (Wildman–Crippen MR) is 73.4 cm³/mol. The van der Waals surface area contributed by atoms with Gasteiger partial charge in [-0.05, 0) is 6.07 Å². The first kappa shape index (κ1) is 17.8. The van der Waals surface area contributed by atoms with E-state index in [1.807, 2.05) is 0 Å². The van der Waals surface area contributed by atoms with Crippen molar-refractivity contribution in [3.8, 4) is 0 Å². The Balaban J connectivity index is 2.18. The Bertz CT molecular complexity index is 678. The molecule has 1 N–H and O–H groups in total. The molecule has 2 heterocycles. The molecule has 1 aliphatic rings. The number of carbonyl (C=O) groups is 1. The van der Waals surface area contributed by atoms with Crippen LogP contribution in [0.15, 0.2) is 17.2 Å². The molecule has 23 heavy (non-hydrogen) atoms. The van der Waals surface area contributed by atoms with E-state index in [4.69, 9.17) is 4.74 Å². The summed E-state index contributed by atoms with van der Waals surface area (Å²) in [7, 11) is -2.42. The minimum Gasteiger partial charge on any atom is -0.379 e. The van der Waals surface area contributed by atoms with Gasteiger partial charge >= 0.3 is 6.18 Å². The van der Waals surface area contributed by atoms with Gasteiger partial charge in [-0.2, -0.15) is 17.5 Å². The van der Waals surface area contributed by atoms with Gasteiger partial charge in [0.2, 0.25) is 10.0 Å². The number of nitrogens with one attached hydrogen (secondary N) is 1. The van der Waals surface area contributed by atoms with Crippen LogP contribution in [0.3, 0.4) is 0 Å². The van der Waals surface area contributed by atoms with Crippen LogP contribution in [0.4, 0.5) is 13.2 Å². The second-order valence-electron chi connectivity index (χ2n) is 4.99. The van der Waals surface area contributed by atoms with E-state index in [1.54, 1.807) is 5.32 Å². The van der Waals surface area contributed by atoms with Gasteiger partial charge in [-0.1, -0.05) is 0 Å². The van der Waals surface area contributed by atoms with Gasteiger partial charge in [0.25, 0.3) is 5.91 Å². The van der Waals surface area contributed by atoms with Crippen molar-refractivity contribution >= 4 is 15.9 Å². The normalized spacial score (nSPS) is 17.2. The first-order chi connectivity index (χ1) is 10.6. The Hall–Kier alpha value is -1.59. The monoisotopic (exact) mass is 355 g/mol. The molecule has 0 saturated carbocycles. The van der Waals surface area contributed by atoms with E-state index in [2.05, 4.69) is 0 Å². The summed E-state index contributed by atoms with van der Waals surface area (Å²) in [6.07, 6.45) is -3.34. The fraction of sp³-hybridized carbons (Fsp3) is 0.583. The standard InChI is InChI=1S/C12H16F3N3O4S/c1-17-7-9(23(20,21)18-2-4-22-5-3-18)6-10(17)11(19)16-8-12(13,14)15/h6-7H,2-5,8H2,1H3,(H,16,19). The van der Waals surface area contributed by atoms with Gasteiger partial charge in [0, 0.05) is 26.3 Å². The minimum atomic E-state index is -4.54. The topological polar surface area (TPSA) is 80.6 Å². The molecule has 7 nitrogen and oxygen atoms in total. The van der Waals surface area contributed by atoms with Crippen molar-refractivity contribution in [2.75, 3.05) is 32.8 Å². The van der Waals surface area contributed by atoms with Gasteiger partial charge in [0.1, 0.15) is 17.1 Å². The summed E-state index contributed by atoms with van der Waals surface area (Å²) in [4.78, 5) is 11.6. The largest absolute Gasteiger partial charge is 0.405 e. The lowest BCUT2D eigenvalue weighted by Crippen LogP contribution is -2.40. The van der Waals surface area contributed by atoms with E-state index in [9.17, 15) is 26.4 Å². The maximum atomic E-state index is 12.4. The molecule has 130 valence electrons. The van der Waals surface area contributed by atoms with Gasteiger partial charge in [0.05, 0.1) is 13.2 Å². The van der Waals surface area contributed by atoms with Crippen LogP contribution in [-0.2, 0) is 21.8 Å². The molecule has 1 aromatic rings. The van der Waals surface area contributed by atoms with Crippen molar-refractivity contribution < 1.29 is 31.1 Å². The summed E-state index contributed by atoms with van der Waals surface area (Å²) >= 11 is 0. The fourth-order valence-corrected chi connectivity index (χ4v) is 3.59. The zero-order valence-corrected chi connectivity index (χ0v) is 13.1. The van der Waals surface area contributed by atoms with Crippen molar-refractivity contribution in [2.24, 2.45) is 7.05 Å². The number of hydrogen-bond acceptors (Lipinski definition) is 4. The highest BCUT2D eigenvalue weighted by Gasteiger charge is 2.31. The summed E-state index contributed by atoms with van der Waals surface area (Å²) in [6.45, 7) is -0.571. The van der Waals surface area contributed by atoms with Crippen LogP contribution in [0.25, 0.3) is 0 Å². The van der Waals surface area contributed by atoms with Gasteiger partial charge < -0.3 is 14.6 Å². The molecule has 1 aliphatic heterocycles. The van der Waals surface area contributed by atoms with E-state index in [-0.39, 0.29) is 36.9 Å². The van der Waals surface area contributed by atoms with E-state index in [1.165, 1.54) is 22.1 Å². The highest BCUT2D eigenvalue weighted by atomic mass is 32.2. The summed E-state index contributed by atoms with van der Waals surface area (Å²) in [5.41, 5.74) is -0.166. The first-order valence-electron chi connectivity index (χ1n) is 6.70. The lowest BCUT2D eigenvalue weighted by molar-refractivity contribution is -0.123. The molecule has 0 bridgehead atoms. The summed E-state index contributed by atoms with van der Waals surface area (Å²) in [5, 5.41) is 1.71. The second kappa shape index (κ2) is 6.49. The average Bonchev–Trinajstić information content (AvgIpc) is 2.88. The Kier molecular flexibility index (Phi) is 5.01. The van der Waals surface area contributed by atoms with Crippen LogP contribution in [0, 0.1) is 0 Å². The zero-order valence-electron chi connectivity index (χ0n) is 12.3. The molecule has 0 radical (unpaired) electrons. The summed E-state index contributed by atoms with van der Waals surface area (Å²) < 4.78 is 68.7. The van der Waals surface area contributed by atoms with Crippen LogP contribution in [0.1, 0.15) is 10.5 Å². The van der Waals surface area contributed by atoms with E-state index in [0.29, 0.717) is 0 Å². The van der Waals surface area contributed by atoms with Crippen LogP contribution in [0.2, 0.25) is 0 Å². The second-order valence-corrected chi connectivity index (χ2v) is 6.92. The van der Waals surface area contributed by atoms with Crippen LogP contribution < -0.4 is 5.32 Å². The van der Waals surface area contributed by atoms with Crippen LogP contribution in [-0.4, -0.2) is 62.2 Å². The van der Waals surface area contributed by atoms with Crippen LogP contribution >= 0.6 is 0 Å². The zero-order chi connectivity index (χ0) is 17.3. The van der Waals surface area contributed by atoms with Crippen molar-refractivity contribution in [3.05, 3.63) is 18.0 Å². The molecule has 1 fully saturated rings. The highest BCUT2D eigenvalue weighted by Crippen LogP contribution is 2.20. The van der Waals surface area contributed by atoms with Crippen molar-refractivity contribution in [1.82, 2.24) is 14.2 Å². The number of carbonyl (C=O) groups excluding carboxylic acids is 1. The third-order valence-corrected chi connectivity index (χ3v) is 5.13. The number of aromatic nitrogens is 1. The number of nitrogens with zero attached hydrogens (tertiary/aromatic N) is 2. The Morgan fingerprint density at radius 3 is 2.52 bits per heavy atom. The average molecular weight is 355 g/mol. The fourth-order valence-electron chi connectivity index (χ4n) is 2.11. The van der Waals surface area contributed by atoms with Crippen molar-refractivity contribution in [2.45, 2.75) is 11.1 Å². The highest BCUT2D eigenvalue weighted by molar-refractivity contribution is 7.89. The summed E-state index contributed by atoms with van der Waals surface area (Å²) in [5.74, 6) is -0.992. The van der Waals surface area contributed by atoms with E-state index in [0.717, 1.165) is 6.07 Å². The number of ether oxygens (including phenoxy) is 1. The minimum absolute atomic E-state index is 0.140. The molecule has 0 spiro atoms. The molecule has 0 aliphatic carbocycles. The molecule has 0 unspecified atom stereocenters. The number of sulfonamides is 1. The number of rotatable bonds is 4. The Labute approximate surface area is 131 Å². The number of aryl methyl sites for hydroxylation is 1. The molecule has 11 heteroatoms. The van der Waals surface area contributed by atoms with Gasteiger partial charge in [-0.25, -0.2) is 8.42 Å². The lowest BCUT2D eigenvalue weighted by atomic mass is 10.4. The molecular weight excluding hydrogens is 339 g/mol. The third-order valence-electron chi connectivity index (χ3n) is 3.27. The number of halogens is 3. The Morgan fingerprint density at radius 2 is 1.96 bits per heavy atom. The van der Waals surface area contributed by atoms with Gasteiger partial charge in [-0.3, -0.25) is 4.79 Å². The smallest absolute Gasteiger partial charge is 0.379 e. The van der Waals surface area contributed by atoms with E-state index < -0.39 is 28.7 Å². The lowest BCUT2D eigenvalue weighted by Gasteiger charge is -2.25. The molecular formula is C12H16F3N3O4S. The van der Waals surface area contributed by atoms with Crippen molar-refractivity contribution in [1.29, 1.82) is 0 Å². The maximum Gasteiger partial charge on any atom is 0.405 e. The van der Waals surface area contributed by atoms with Crippen LogP contribution in [0.5, 0.6) is 0 Å². The summed E-state index contributed by atoms with van der Waals surface area (Å²) in [6, 6.07) is 1.07.